The monoisotopic (exact) mass is 385 g/mol. The van der Waals surface area contributed by atoms with Gasteiger partial charge in [0.1, 0.15) is 16.9 Å². The van der Waals surface area contributed by atoms with Crippen LogP contribution in [0.1, 0.15) is 49.4 Å². The van der Waals surface area contributed by atoms with Crippen LogP contribution >= 0.6 is 0 Å². The molecule has 1 aromatic carbocycles. The molecule has 2 aliphatic rings. The number of benzene rings is 1. The fraction of sp³-hybridized carbons (Fsp3) is 0.400. The van der Waals surface area contributed by atoms with Crippen molar-refractivity contribution in [2.75, 3.05) is 6.79 Å². The van der Waals surface area contributed by atoms with Crippen molar-refractivity contribution < 1.29 is 28.3 Å². The molecule has 0 amide bonds. The summed E-state index contributed by atoms with van der Waals surface area (Å²) in [4.78, 5) is 41.3. The van der Waals surface area contributed by atoms with E-state index in [0.29, 0.717) is 28.9 Å². The molecule has 0 saturated heterocycles. The summed E-state index contributed by atoms with van der Waals surface area (Å²) in [6, 6.07) is 4.65. The van der Waals surface area contributed by atoms with E-state index in [1.165, 1.54) is 13.0 Å². The highest BCUT2D eigenvalue weighted by atomic mass is 16.7. The van der Waals surface area contributed by atoms with E-state index in [1.807, 2.05) is 0 Å². The van der Waals surface area contributed by atoms with Gasteiger partial charge in [0.2, 0.25) is 12.6 Å². The van der Waals surface area contributed by atoms with Gasteiger partial charge < -0.3 is 18.7 Å². The Kier molecular flexibility index (Phi) is 4.85. The Morgan fingerprint density at radius 1 is 1.14 bits per heavy atom. The fourth-order valence-corrected chi connectivity index (χ4v) is 3.60. The van der Waals surface area contributed by atoms with Crippen LogP contribution in [0.3, 0.4) is 0 Å². The van der Waals surface area contributed by atoms with Crippen molar-refractivity contribution in [3.8, 4) is 11.5 Å². The molecule has 8 heteroatoms. The molecule has 4 rings (SSSR count). The number of hydrogen-bond acceptors (Lipinski definition) is 8. The van der Waals surface area contributed by atoms with Crippen LogP contribution in [0.15, 0.2) is 32.6 Å². The number of carbonyl (C=O) groups is 2. The minimum Gasteiger partial charge on any atom is -0.454 e. The molecule has 0 radical (unpaired) electrons. The van der Waals surface area contributed by atoms with Gasteiger partial charge in [-0.3, -0.25) is 4.79 Å². The van der Waals surface area contributed by atoms with Crippen LogP contribution in [0.4, 0.5) is 0 Å². The van der Waals surface area contributed by atoms with Crippen LogP contribution in [-0.4, -0.2) is 24.3 Å². The van der Waals surface area contributed by atoms with E-state index < -0.39 is 17.4 Å². The highest BCUT2D eigenvalue weighted by Gasteiger charge is 2.26. The number of nitrogens with zero attached hydrogens (tertiary/aromatic N) is 1. The van der Waals surface area contributed by atoms with Crippen LogP contribution in [0, 0.1) is 5.92 Å². The Balaban J connectivity index is 1.70. The van der Waals surface area contributed by atoms with Crippen molar-refractivity contribution in [3.63, 3.8) is 0 Å². The maximum absolute atomic E-state index is 13.0. The fourth-order valence-electron chi connectivity index (χ4n) is 3.60. The van der Waals surface area contributed by atoms with Crippen LogP contribution in [-0.2, 0) is 9.63 Å². The summed E-state index contributed by atoms with van der Waals surface area (Å²) in [6.07, 6.45) is 4.48. The molecule has 2 heterocycles. The largest absolute Gasteiger partial charge is 0.454 e. The van der Waals surface area contributed by atoms with Gasteiger partial charge in [-0.1, -0.05) is 30.8 Å². The lowest BCUT2D eigenvalue weighted by atomic mass is 9.96. The molecular weight excluding hydrogens is 366 g/mol. The van der Waals surface area contributed by atoms with E-state index in [2.05, 4.69) is 5.16 Å². The summed E-state index contributed by atoms with van der Waals surface area (Å²) >= 11 is 0. The van der Waals surface area contributed by atoms with Gasteiger partial charge in [0.15, 0.2) is 11.5 Å². The predicted octanol–water partition coefficient (Wildman–Crippen LogP) is 3.20. The maximum atomic E-state index is 13.0. The van der Waals surface area contributed by atoms with Crippen LogP contribution in [0.5, 0.6) is 11.5 Å². The average molecular weight is 385 g/mol. The first-order chi connectivity index (χ1) is 13.5. The summed E-state index contributed by atoms with van der Waals surface area (Å²) in [5.74, 6) is 0.0450. The second-order valence-electron chi connectivity index (χ2n) is 7.00. The molecule has 8 nitrogen and oxygen atoms in total. The van der Waals surface area contributed by atoms with Gasteiger partial charge in [-0.15, -0.1) is 0 Å². The molecule has 0 bridgehead atoms. The molecule has 0 spiro atoms. The maximum Gasteiger partial charge on any atom is 0.347 e. The highest BCUT2D eigenvalue weighted by molar-refractivity contribution is 6.46. The Labute approximate surface area is 160 Å². The summed E-state index contributed by atoms with van der Waals surface area (Å²) in [6.45, 7) is 1.29. The minimum atomic E-state index is -0.779. The lowest BCUT2D eigenvalue weighted by molar-refractivity contribution is -0.140. The molecule has 0 atom stereocenters. The first-order valence-electron chi connectivity index (χ1n) is 9.18. The highest BCUT2D eigenvalue weighted by Crippen LogP contribution is 2.36. The number of ketones is 1. The quantitative estimate of drug-likeness (QED) is 0.256. The zero-order valence-corrected chi connectivity index (χ0v) is 15.4. The first kappa shape index (κ1) is 18.2. The summed E-state index contributed by atoms with van der Waals surface area (Å²) < 4.78 is 15.9. The van der Waals surface area contributed by atoms with Crippen molar-refractivity contribution in [3.05, 3.63) is 34.2 Å². The van der Waals surface area contributed by atoms with Crippen molar-refractivity contribution in [1.29, 1.82) is 0 Å². The number of rotatable bonds is 5. The van der Waals surface area contributed by atoms with E-state index in [9.17, 15) is 14.4 Å². The molecule has 1 aliphatic carbocycles. The molecule has 28 heavy (non-hydrogen) atoms. The smallest absolute Gasteiger partial charge is 0.347 e. The van der Waals surface area contributed by atoms with Gasteiger partial charge in [0.05, 0.1) is 0 Å². The van der Waals surface area contributed by atoms with Crippen molar-refractivity contribution in [2.45, 2.75) is 39.0 Å². The molecule has 1 saturated carbocycles. The molecule has 0 unspecified atom stereocenters. The Bertz CT molecular complexity index is 1030. The molecule has 1 aliphatic heterocycles. The van der Waals surface area contributed by atoms with E-state index in [-0.39, 0.29) is 24.0 Å². The van der Waals surface area contributed by atoms with Crippen LogP contribution in [0.25, 0.3) is 11.0 Å². The van der Waals surface area contributed by atoms with Gasteiger partial charge in [-0.05, 0) is 24.5 Å². The number of hydrogen-bond donors (Lipinski definition) is 0. The third-order valence-electron chi connectivity index (χ3n) is 4.98. The van der Waals surface area contributed by atoms with Gasteiger partial charge in [0, 0.05) is 18.4 Å². The first-order valence-corrected chi connectivity index (χ1v) is 9.18. The second kappa shape index (κ2) is 7.46. The topological polar surface area (TPSA) is 104 Å². The van der Waals surface area contributed by atoms with E-state index in [0.717, 1.165) is 25.7 Å². The number of fused-ring (bicyclic) bond motifs is 2. The third-order valence-corrected chi connectivity index (χ3v) is 4.98. The molecule has 0 N–H and O–H groups in total. The Morgan fingerprint density at radius 3 is 2.57 bits per heavy atom. The minimum absolute atomic E-state index is 0.0505. The van der Waals surface area contributed by atoms with E-state index in [4.69, 9.17) is 18.7 Å². The number of Topliss-reactive ketones (excluding diaryl/α,β-unsaturated/α-hetero) is 1. The SMILES string of the molecule is CC(=O)O/N=C(\CC1CCCC1)C(=O)c1cc2cc3c(cc2oc1=O)OCO3. The zero-order chi connectivity index (χ0) is 19.7. The van der Waals surface area contributed by atoms with Crippen LogP contribution < -0.4 is 15.1 Å². The molecule has 146 valence electrons. The van der Waals surface area contributed by atoms with E-state index in [1.54, 1.807) is 12.1 Å². The van der Waals surface area contributed by atoms with Crippen molar-refractivity contribution in [1.82, 2.24) is 0 Å². The lowest BCUT2D eigenvalue weighted by Crippen LogP contribution is -2.24. The normalized spacial score (nSPS) is 16.5. The Morgan fingerprint density at radius 2 is 1.86 bits per heavy atom. The molecular formula is C20H19NO7. The van der Waals surface area contributed by atoms with Gasteiger partial charge >= 0.3 is 11.6 Å². The second-order valence-corrected chi connectivity index (χ2v) is 7.00. The summed E-state index contributed by atoms with van der Waals surface area (Å²) in [5, 5.41) is 4.26. The van der Waals surface area contributed by atoms with Gasteiger partial charge in [0.25, 0.3) is 0 Å². The van der Waals surface area contributed by atoms with Gasteiger partial charge in [-0.2, -0.15) is 0 Å². The zero-order valence-electron chi connectivity index (χ0n) is 15.4. The third kappa shape index (κ3) is 3.62. The number of ether oxygens (including phenoxy) is 2. The molecule has 1 fully saturated rings. The van der Waals surface area contributed by atoms with Crippen LogP contribution in [0.2, 0.25) is 0 Å². The Hall–Kier alpha value is -3.16. The van der Waals surface area contributed by atoms with Gasteiger partial charge in [-0.25, -0.2) is 9.59 Å². The van der Waals surface area contributed by atoms with Crippen molar-refractivity contribution >= 4 is 28.4 Å². The molecule has 2 aromatic rings. The number of oxime groups is 1. The lowest BCUT2D eigenvalue weighted by Gasteiger charge is -2.10. The standard InChI is InChI=1S/C20H19NO7/c1-11(22)28-21-15(6-12-4-2-3-5-12)19(23)14-7-13-8-17-18(26-10-25-17)9-16(13)27-20(14)24/h7-9,12H,2-6,10H2,1H3/b21-15+. The summed E-state index contributed by atoms with van der Waals surface area (Å²) in [7, 11) is 0. The summed E-state index contributed by atoms with van der Waals surface area (Å²) in [5.41, 5.74) is -0.594. The van der Waals surface area contributed by atoms with Crippen molar-refractivity contribution in [2.24, 2.45) is 11.1 Å². The predicted molar refractivity (Wildman–Crippen MR) is 98.7 cm³/mol. The van der Waals surface area contributed by atoms with E-state index >= 15 is 0 Å². The average Bonchev–Trinajstić information content (AvgIpc) is 3.33. The molecule has 1 aromatic heterocycles. The number of carbonyl (C=O) groups excluding carboxylic acids is 2.